The topological polar surface area (TPSA) is 80.4 Å². The number of hydrogen-bond donors (Lipinski definition) is 1. The van der Waals surface area contributed by atoms with Crippen LogP contribution in [0.5, 0.6) is 5.75 Å². The zero-order valence-corrected chi connectivity index (χ0v) is 13.4. The molecule has 24 heavy (non-hydrogen) atoms. The summed E-state index contributed by atoms with van der Waals surface area (Å²) >= 11 is 0. The normalized spacial score (nSPS) is 17.6. The van der Waals surface area contributed by atoms with Crippen molar-refractivity contribution in [2.75, 3.05) is 0 Å². The number of aromatic hydroxyl groups is 1. The van der Waals surface area contributed by atoms with E-state index >= 15 is 0 Å². The van der Waals surface area contributed by atoms with Crippen molar-refractivity contribution in [3.63, 3.8) is 0 Å². The van der Waals surface area contributed by atoms with Gasteiger partial charge in [0, 0.05) is 17.2 Å². The summed E-state index contributed by atoms with van der Waals surface area (Å²) in [6.07, 6.45) is 2.01. The molecule has 0 radical (unpaired) electrons. The van der Waals surface area contributed by atoms with Gasteiger partial charge in [0.1, 0.15) is 5.75 Å². The first-order chi connectivity index (χ1) is 11.3. The highest BCUT2D eigenvalue weighted by Gasteiger charge is 2.34. The average molecular weight is 323 g/mol. The highest BCUT2D eigenvalue weighted by molar-refractivity contribution is 6.14. The lowest BCUT2D eigenvalue weighted by molar-refractivity contribution is -0.385. The predicted octanol–water partition coefficient (Wildman–Crippen LogP) is 4.25. The van der Waals surface area contributed by atoms with Crippen molar-refractivity contribution < 1.29 is 14.8 Å². The molecule has 0 heterocycles. The van der Waals surface area contributed by atoms with E-state index < -0.39 is 4.92 Å². The molecule has 1 aliphatic carbocycles. The molecule has 122 valence electrons. The maximum atomic E-state index is 12.8. The molecule has 3 rings (SSSR count). The number of phenolic OH excluding ortho intramolecular Hbond substituents is 1. The molecule has 0 unspecified atom stereocenters. The quantitative estimate of drug-likeness (QED) is 0.509. The van der Waals surface area contributed by atoms with Gasteiger partial charge in [-0.15, -0.1) is 0 Å². The van der Waals surface area contributed by atoms with Gasteiger partial charge >= 0.3 is 0 Å². The molecule has 1 N–H and O–H groups in total. The molecular weight excluding hydrogens is 306 g/mol. The first-order valence-corrected chi connectivity index (χ1v) is 7.62. The SMILES string of the molecule is CC1(C)C/C(=C/c2cc(O)ccc2[N+](=O)[O-])C(=O)c2ccccc21. The second-order valence-electron chi connectivity index (χ2n) is 6.61. The lowest BCUT2D eigenvalue weighted by Gasteiger charge is -2.33. The molecule has 2 aromatic carbocycles. The van der Waals surface area contributed by atoms with Crippen LogP contribution in [-0.4, -0.2) is 15.8 Å². The number of allylic oxidation sites excluding steroid dienone is 1. The van der Waals surface area contributed by atoms with E-state index in [-0.39, 0.29) is 28.2 Å². The first kappa shape index (κ1) is 15.9. The lowest BCUT2D eigenvalue weighted by Crippen LogP contribution is -2.29. The molecule has 5 heteroatoms. The standard InChI is InChI=1S/C19H17NO4/c1-19(2)11-13(18(22)15-5-3-4-6-16(15)19)9-12-10-14(21)7-8-17(12)20(23)24/h3-10,21H,11H2,1-2H3/b13-9-. The Bertz CT molecular complexity index is 881. The van der Waals surface area contributed by atoms with Gasteiger partial charge in [0.05, 0.1) is 10.5 Å². The number of carbonyl (C=O) groups excluding carboxylic acids is 1. The second kappa shape index (κ2) is 5.60. The minimum absolute atomic E-state index is 0.0737. The number of fused-ring (bicyclic) bond motifs is 1. The van der Waals surface area contributed by atoms with Gasteiger partial charge in [-0.3, -0.25) is 14.9 Å². The van der Waals surface area contributed by atoms with E-state index in [1.807, 2.05) is 32.0 Å². The van der Waals surface area contributed by atoms with E-state index in [9.17, 15) is 20.0 Å². The van der Waals surface area contributed by atoms with E-state index in [1.54, 1.807) is 6.07 Å². The summed E-state index contributed by atoms with van der Waals surface area (Å²) < 4.78 is 0. The van der Waals surface area contributed by atoms with Crippen molar-refractivity contribution in [3.05, 3.63) is 74.8 Å². The van der Waals surface area contributed by atoms with Gasteiger partial charge in [-0.05, 0) is 35.6 Å². The van der Waals surface area contributed by atoms with E-state index in [2.05, 4.69) is 0 Å². The Hall–Kier alpha value is -2.95. The summed E-state index contributed by atoms with van der Waals surface area (Å²) in [6, 6.07) is 11.3. The third-order valence-corrected chi connectivity index (χ3v) is 4.36. The predicted molar refractivity (Wildman–Crippen MR) is 91.2 cm³/mol. The van der Waals surface area contributed by atoms with Crippen LogP contribution in [-0.2, 0) is 5.41 Å². The molecule has 2 aromatic rings. The molecule has 1 aliphatic rings. The van der Waals surface area contributed by atoms with E-state index in [4.69, 9.17) is 0 Å². The van der Waals surface area contributed by atoms with Crippen molar-refractivity contribution in [1.82, 2.24) is 0 Å². The third-order valence-electron chi connectivity index (χ3n) is 4.36. The number of nitro benzene ring substituents is 1. The Morgan fingerprint density at radius 2 is 1.92 bits per heavy atom. The van der Waals surface area contributed by atoms with Crippen LogP contribution in [0, 0.1) is 10.1 Å². The third kappa shape index (κ3) is 2.69. The van der Waals surface area contributed by atoms with Crippen LogP contribution < -0.4 is 0 Å². The Balaban J connectivity index is 2.15. The largest absolute Gasteiger partial charge is 0.508 e. The highest BCUT2D eigenvalue weighted by Crippen LogP contribution is 2.40. The fourth-order valence-electron chi connectivity index (χ4n) is 3.22. The van der Waals surface area contributed by atoms with Crippen LogP contribution in [0.2, 0.25) is 0 Å². The molecule has 0 spiro atoms. The van der Waals surface area contributed by atoms with Crippen molar-refractivity contribution in [2.24, 2.45) is 0 Å². The highest BCUT2D eigenvalue weighted by atomic mass is 16.6. The average Bonchev–Trinajstić information content (AvgIpc) is 2.52. The molecule has 0 aliphatic heterocycles. The summed E-state index contributed by atoms with van der Waals surface area (Å²) in [5.41, 5.74) is 1.97. The Morgan fingerprint density at radius 3 is 2.62 bits per heavy atom. The van der Waals surface area contributed by atoms with Crippen LogP contribution >= 0.6 is 0 Å². The Kier molecular flexibility index (Phi) is 3.72. The van der Waals surface area contributed by atoms with Crippen molar-refractivity contribution in [3.8, 4) is 5.75 Å². The fourth-order valence-corrected chi connectivity index (χ4v) is 3.22. The van der Waals surface area contributed by atoms with Gasteiger partial charge in [-0.2, -0.15) is 0 Å². The van der Waals surface area contributed by atoms with Gasteiger partial charge < -0.3 is 5.11 Å². The number of nitrogens with zero attached hydrogens (tertiary/aromatic N) is 1. The summed E-state index contributed by atoms with van der Waals surface area (Å²) in [4.78, 5) is 23.5. The number of nitro groups is 1. The second-order valence-corrected chi connectivity index (χ2v) is 6.61. The Morgan fingerprint density at radius 1 is 1.21 bits per heavy atom. The minimum atomic E-state index is -0.516. The molecule has 0 atom stereocenters. The Labute approximate surface area is 139 Å². The molecule has 0 fully saturated rings. The maximum absolute atomic E-state index is 12.8. The number of rotatable bonds is 2. The summed E-state index contributed by atoms with van der Waals surface area (Å²) in [5, 5.41) is 20.8. The molecule has 5 nitrogen and oxygen atoms in total. The van der Waals surface area contributed by atoms with Crippen LogP contribution in [0.3, 0.4) is 0 Å². The lowest BCUT2D eigenvalue weighted by atomic mass is 9.70. The van der Waals surface area contributed by atoms with Gasteiger partial charge in [0.15, 0.2) is 5.78 Å². The number of Topliss-reactive ketones (excluding diaryl/α,β-unsaturated/α-hetero) is 1. The summed E-state index contributed by atoms with van der Waals surface area (Å²) in [6.45, 7) is 4.09. The summed E-state index contributed by atoms with van der Waals surface area (Å²) in [5.74, 6) is -0.196. The number of benzene rings is 2. The molecular formula is C19H17NO4. The zero-order valence-electron chi connectivity index (χ0n) is 13.4. The van der Waals surface area contributed by atoms with Gasteiger partial charge in [0.2, 0.25) is 0 Å². The number of carbonyl (C=O) groups is 1. The maximum Gasteiger partial charge on any atom is 0.276 e. The van der Waals surface area contributed by atoms with Crippen LogP contribution in [0.15, 0.2) is 48.0 Å². The molecule has 0 bridgehead atoms. The smallest absolute Gasteiger partial charge is 0.276 e. The van der Waals surface area contributed by atoms with Crippen molar-refractivity contribution in [1.29, 1.82) is 0 Å². The van der Waals surface area contributed by atoms with Gasteiger partial charge in [-0.25, -0.2) is 0 Å². The van der Waals surface area contributed by atoms with Gasteiger partial charge in [-0.1, -0.05) is 38.1 Å². The number of phenols is 1. The van der Waals surface area contributed by atoms with Gasteiger partial charge in [0.25, 0.3) is 5.69 Å². The zero-order chi connectivity index (χ0) is 17.5. The van der Waals surface area contributed by atoms with Crippen molar-refractivity contribution >= 4 is 17.5 Å². The van der Waals surface area contributed by atoms with E-state index in [0.717, 1.165) is 5.56 Å². The fraction of sp³-hybridized carbons (Fsp3) is 0.211. The van der Waals surface area contributed by atoms with Crippen LogP contribution in [0.4, 0.5) is 5.69 Å². The minimum Gasteiger partial charge on any atom is -0.508 e. The monoisotopic (exact) mass is 323 g/mol. The molecule has 0 amide bonds. The van der Waals surface area contributed by atoms with E-state index in [1.165, 1.54) is 24.3 Å². The van der Waals surface area contributed by atoms with Crippen LogP contribution in [0.25, 0.3) is 6.08 Å². The summed E-state index contributed by atoms with van der Waals surface area (Å²) in [7, 11) is 0. The molecule has 0 saturated carbocycles. The van der Waals surface area contributed by atoms with Crippen LogP contribution in [0.1, 0.15) is 41.8 Å². The number of ketones is 1. The first-order valence-electron chi connectivity index (χ1n) is 7.62. The molecule has 0 aromatic heterocycles. The number of hydrogen-bond acceptors (Lipinski definition) is 4. The van der Waals surface area contributed by atoms with E-state index in [0.29, 0.717) is 17.6 Å². The van der Waals surface area contributed by atoms with Crippen molar-refractivity contribution in [2.45, 2.75) is 25.7 Å². The molecule has 0 saturated heterocycles.